The zero-order valence-electron chi connectivity index (χ0n) is 12.1. The second-order valence-corrected chi connectivity index (χ2v) is 5.90. The lowest BCUT2D eigenvalue weighted by molar-refractivity contribution is -0.114. The Morgan fingerprint density at radius 3 is 2.52 bits per heavy atom. The Hall–Kier alpha value is -2.30. The monoisotopic (exact) mass is 346 g/mol. The molecule has 4 nitrogen and oxygen atoms in total. The van der Waals surface area contributed by atoms with Crippen LogP contribution in [0.4, 0.5) is 5.69 Å². The summed E-state index contributed by atoms with van der Waals surface area (Å²) in [6.07, 6.45) is 0. The number of aromatic nitrogens is 1. The fraction of sp³-hybridized carbons (Fsp3) is 0.0588. The molecule has 0 aliphatic rings. The predicted octanol–water partition coefficient (Wildman–Crippen LogP) is 4.46. The number of nitrogens with one attached hydrogen (secondary N) is 2. The number of H-pyrrole nitrogens is 1. The first kappa shape index (κ1) is 15.6. The molecule has 2 N–H and O–H groups in total. The van der Waals surface area contributed by atoms with Gasteiger partial charge in [-0.3, -0.25) is 9.59 Å². The van der Waals surface area contributed by atoms with E-state index in [0.717, 1.165) is 16.5 Å². The molecule has 3 aromatic rings. The molecule has 0 fully saturated rings. The van der Waals surface area contributed by atoms with E-state index in [4.69, 9.17) is 23.2 Å². The van der Waals surface area contributed by atoms with Crippen LogP contribution in [-0.2, 0) is 4.79 Å². The van der Waals surface area contributed by atoms with Crippen molar-refractivity contribution in [2.24, 2.45) is 0 Å². The number of fused-ring (bicyclic) bond motifs is 1. The summed E-state index contributed by atoms with van der Waals surface area (Å²) in [5, 5.41) is 4.49. The highest BCUT2D eigenvalue weighted by atomic mass is 35.5. The maximum Gasteiger partial charge on any atom is 0.248 e. The highest BCUT2D eigenvalue weighted by Gasteiger charge is 2.13. The summed E-state index contributed by atoms with van der Waals surface area (Å²) in [5.41, 5.74) is 2.54. The van der Waals surface area contributed by atoms with Gasteiger partial charge in [-0.25, -0.2) is 0 Å². The number of rotatable bonds is 2. The van der Waals surface area contributed by atoms with Gasteiger partial charge in [-0.15, -0.1) is 0 Å². The smallest absolute Gasteiger partial charge is 0.248 e. The van der Waals surface area contributed by atoms with Crippen molar-refractivity contribution in [2.75, 3.05) is 5.32 Å². The Morgan fingerprint density at radius 1 is 1.04 bits per heavy atom. The van der Waals surface area contributed by atoms with Crippen molar-refractivity contribution in [3.8, 4) is 11.1 Å². The van der Waals surface area contributed by atoms with E-state index < -0.39 is 0 Å². The van der Waals surface area contributed by atoms with E-state index in [2.05, 4.69) is 10.3 Å². The molecule has 2 aromatic carbocycles. The average molecular weight is 347 g/mol. The molecule has 0 radical (unpaired) electrons. The zero-order chi connectivity index (χ0) is 16.6. The van der Waals surface area contributed by atoms with Gasteiger partial charge in [-0.1, -0.05) is 35.3 Å². The maximum absolute atomic E-state index is 11.4. The van der Waals surface area contributed by atoms with Crippen LogP contribution in [0.5, 0.6) is 0 Å². The summed E-state index contributed by atoms with van der Waals surface area (Å²) in [7, 11) is 0. The number of amides is 1. The summed E-state index contributed by atoms with van der Waals surface area (Å²) >= 11 is 12.5. The van der Waals surface area contributed by atoms with Crippen LogP contribution in [0.3, 0.4) is 0 Å². The van der Waals surface area contributed by atoms with Crippen molar-refractivity contribution >= 4 is 45.7 Å². The van der Waals surface area contributed by atoms with Gasteiger partial charge in [-0.05, 0) is 24.3 Å². The normalized spacial score (nSPS) is 10.7. The third kappa shape index (κ3) is 3.09. The lowest BCUT2D eigenvalue weighted by Gasteiger charge is -2.13. The van der Waals surface area contributed by atoms with Crippen LogP contribution in [0.25, 0.3) is 22.0 Å². The van der Waals surface area contributed by atoms with Crippen molar-refractivity contribution < 1.29 is 4.79 Å². The van der Waals surface area contributed by atoms with Crippen LogP contribution in [0.2, 0.25) is 10.0 Å². The minimum absolute atomic E-state index is 0.188. The van der Waals surface area contributed by atoms with Gasteiger partial charge in [0.1, 0.15) is 0 Å². The molecule has 0 unspecified atom stereocenters. The van der Waals surface area contributed by atoms with Gasteiger partial charge >= 0.3 is 0 Å². The van der Waals surface area contributed by atoms with E-state index in [0.29, 0.717) is 21.2 Å². The van der Waals surface area contributed by atoms with Gasteiger partial charge in [0.2, 0.25) is 11.5 Å². The van der Waals surface area contributed by atoms with Crippen LogP contribution < -0.4 is 10.9 Å². The number of anilines is 1. The van der Waals surface area contributed by atoms with Crippen molar-refractivity contribution in [1.82, 2.24) is 4.98 Å². The fourth-order valence-corrected chi connectivity index (χ4v) is 2.95. The first-order valence-electron chi connectivity index (χ1n) is 6.85. The molecular weight excluding hydrogens is 335 g/mol. The van der Waals surface area contributed by atoms with Crippen LogP contribution >= 0.6 is 23.2 Å². The van der Waals surface area contributed by atoms with Gasteiger partial charge < -0.3 is 10.3 Å². The van der Waals surface area contributed by atoms with Gasteiger partial charge in [0.15, 0.2) is 0 Å². The molecule has 0 aliphatic heterocycles. The fourth-order valence-electron chi connectivity index (χ4n) is 2.45. The minimum atomic E-state index is -0.199. The number of halogens is 2. The Balaban J connectivity index is 2.24. The lowest BCUT2D eigenvalue weighted by Crippen LogP contribution is -2.07. The third-order valence-electron chi connectivity index (χ3n) is 3.42. The van der Waals surface area contributed by atoms with Gasteiger partial charge in [0.25, 0.3) is 0 Å². The van der Waals surface area contributed by atoms with E-state index in [-0.39, 0.29) is 11.5 Å². The van der Waals surface area contributed by atoms with Gasteiger partial charge in [-0.2, -0.15) is 0 Å². The molecule has 6 heteroatoms. The van der Waals surface area contributed by atoms with E-state index in [1.165, 1.54) is 13.0 Å². The first-order valence-corrected chi connectivity index (χ1v) is 7.60. The van der Waals surface area contributed by atoms with E-state index in [9.17, 15) is 9.59 Å². The Morgan fingerprint density at radius 2 is 1.78 bits per heavy atom. The molecule has 0 atom stereocenters. The van der Waals surface area contributed by atoms with Crippen molar-refractivity contribution in [3.05, 3.63) is 62.9 Å². The molecule has 23 heavy (non-hydrogen) atoms. The standard InChI is InChI=1S/C17H12Cl2N2O2/c1-9(22)20-15-8-10(18)2-3-11(15)12-4-6-14-13(17(12)19)5-7-16(23)21-14/h2-8H,1H3,(H,20,22)(H,21,23). The highest BCUT2D eigenvalue weighted by molar-refractivity contribution is 6.38. The highest BCUT2D eigenvalue weighted by Crippen LogP contribution is 2.38. The maximum atomic E-state index is 11.4. The number of hydrogen-bond donors (Lipinski definition) is 2. The van der Waals surface area contributed by atoms with Gasteiger partial charge in [0, 0.05) is 40.0 Å². The quantitative estimate of drug-likeness (QED) is 0.719. The molecule has 1 aromatic heterocycles. The van der Waals surface area contributed by atoms with Crippen LogP contribution in [0, 0.1) is 0 Å². The average Bonchev–Trinajstić information content (AvgIpc) is 2.48. The zero-order valence-corrected chi connectivity index (χ0v) is 13.6. The largest absolute Gasteiger partial charge is 0.326 e. The van der Waals surface area contributed by atoms with Crippen molar-refractivity contribution in [2.45, 2.75) is 6.92 Å². The predicted molar refractivity (Wildman–Crippen MR) is 94.3 cm³/mol. The molecule has 0 saturated heterocycles. The minimum Gasteiger partial charge on any atom is -0.326 e. The molecule has 1 heterocycles. The third-order valence-corrected chi connectivity index (χ3v) is 4.06. The first-order chi connectivity index (χ1) is 11.0. The number of benzene rings is 2. The molecule has 0 aliphatic carbocycles. The lowest BCUT2D eigenvalue weighted by atomic mass is 10.0. The molecule has 3 rings (SSSR count). The van der Waals surface area contributed by atoms with Crippen molar-refractivity contribution in [3.63, 3.8) is 0 Å². The number of carbonyl (C=O) groups excluding carboxylic acids is 1. The second kappa shape index (κ2) is 6.07. The van der Waals surface area contributed by atoms with Gasteiger partial charge in [0.05, 0.1) is 10.7 Å². The molecule has 116 valence electrons. The van der Waals surface area contributed by atoms with E-state index >= 15 is 0 Å². The van der Waals surface area contributed by atoms with E-state index in [1.807, 2.05) is 0 Å². The van der Waals surface area contributed by atoms with Crippen molar-refractivity contribution in [1.29, 1.82) is 0 Å². The Bertz CT molecular complexity index is 980. The van der Waals surface area contributed by atoms with Crippen LogP contribution in [0.15, 0.2) is 47.3 Å². The Labute approximate surface area is 142 Å². The summed E-state index contributed by atoms with van der Waals surface area (Å²) in [5.74, 6) is -0.199. The van der Waals surface area contributed by atoms with Crippen LogP contribution in [-0.4, -0.2) is 10.9 Å². The number of hydrogen-bond acceptors (Lipinski definition) is 2. The number of carbonyl (C=O) groups is 1. The molecule has 0 saturated carbocycles. The molecule has 1 amide bonds. The van der Waals surface area contributed by atoms with E-state index in [1.54, 1.807) is 36.4 Å². The molecule has 0 bridgehead atoms. The SMILES string of the molecule is CC(=O)Nc1cc(Cl)ccc1-c1ccc2[nH]c(=O)ccc2c1Cl. The molecular formula is C17H12Cl2N2O2. The summed E-state index contributed by atoms with van der Waals surface area (Å²) in [6.45, 7) is 1.43. The topological polar surface area (TPSA) is 62.0 Å². The number of aromatic amines is 1. The summed E-state index contributed by atoms with van der Waals surface area (Å²) in [6, 6.07) is 11.9. The second-order valence-electron chi connectivity index (χ2n) is 5.08. The Kier molecular flexibility index (Phi) is 4.11. The summed E-state index contributed by atoms with van der Waals surface area (Å²) < 4.78 is 0. The number of pyridine rings is 1. The van der Waals surface area contributed by atoms with Crippen LogP contribution in [0.1, 0.15) is 6.92 Å². The summed E-state index contributed by atoms with van der Waals surface area (Å²) in [4.78, 5) is 25.6. The molecule has 0 spiro atoms.